The first-order chi connectivity index (χ1) is 16.9. The van der Waals surface area contributed by atoms with Crippen LogP contribution in [0.15, 0.2) is 22.8 Å². The third kappa shape index (κ3) is 3.75. The number of aliphatic hydroxyl groups excluding tert-OH is 2. The molecule has 0 aromatic rings. The van der Waals surface area contributed by atoms with E-state index in [0.29, 0.717) is 30.4 Å². The summed E-state index contributed by atoms with van der Waals surface area (Å²) >= 11 is 0. The van der Waals surface area contributed by atoms with Gasteiger partial charge in [0.25, 0.3) is 0 Å². The number of ketones is 3. The van der Waals surface area contributed by atoms with E-state index >= 15 is 0 Å². The number of aliphatic carboxylic acids is 1. The Bertz CT molecular complexity index is 1130. The van der Waals surface area contributed by atoms with Crippen LogP contribution in [-0.4, -0.2) is 50.8 Å². The molecule has 204 valence electrons. The fraction of sp³-hybridized carbons (Fsp3) is 0.733. The summed E-state index contributed by atoms with van der Waals surface area (Å²) < 4.78 is 0. The zero-order valence-corrected chi connectivity index (χ0v) is 23.2. The van der Waals surface area contributed by atoms with Gasteiger partial charge < -0.3 is 15.3 Å². The zero-order valence-electron chi connectivity index (χ0n) is 23.2. The third-order valence-corrected chi connectivity index (χ3v) is 11.1. The largest absolute Gasteiger partial charge is 0.481 e. The molecule has 2 fully saturated rings. The maximum Gasteiger partial charge on any atom is 0.306 e. The molecule has 7 heteroatoms. The Morgan fingerprint density at radius 3 is 2.32 bits per heavy atom. The Labute approximate surface area is 219 Å². The molecule has 0 spiro atoms. The number of carboxylic acid groups (broad SMARTS) is 1. The summed E-state index contributed by atoms with van der Waals surface area (Å²) in [6, 6.07) is 0. The van der Waals surface area contributed by atoms with Crippen LogP contribution in [-0.2, 0) is 19.2 Å². The van der Waals surface area contributed by atoms with Crippen LogP contribution in [0.2, 0.25) is 0 Å². The Morgan fingerprint density at radius 2 is 1.73 bits per heavy atom. The summed E-state index contributed by atoms with van der Waals surface area (Å²) in [6.45, 7) is 13.1. The number of carboxylic acids is 1. The van der Waals surface area contributed by atoms with Crippen LogP contribution in [0.5, 0.6) is 0 Å². The van der Waals surface area contributed by atoms with Gasteiger partial charge in [-0.15, -0.1) is 0 Å². The molecule has 0 heterocycles. The van der Waals surface area contributed by atoms with Crippen LogP contribution in [0.4, 0.5) is 0 Å². The van der Waals surface area contributed by atoms with Crippen LogP contribution < -0.4 is 0 Å². The van der Waals surface area contributed by atoms with Crippen molar-refractivity contribution in [3.8, 4) is 0 Å². The molecular formula is C30H42O7. The quantitative estimate of drug-likeness (QED) is 0.472. The first kappa shape index (κ1) is 27.9. The zero-order chi connectivity index (χ0) is 27.9. The van der Waals surface area contributed by atoms with Crippen molar-refractivity contribution in [2.45, 2.75) is 99.2 Å². The van der Waals surface area contributed by atoms with Crippen LogP contribution in [0, 0.1) is 39.4 Å². The van der Waals surface area contributed by atoms with Crippen molar-refractivity contribution < 1.29 is 34.5 Å². The SMILES string of the molecule is C/C(=C\C(O)CC(C)C(=O)O)[C@H]1CC(=O)[C@@]2(C)C3=C(C(=O)C[C@]12C)[C@@]1(C)CCC(=O)C(C)(C)[C@@H]1C[C@@H]3O. The topological polar surface area (TPSA) is 129 Å². The minimum Gasteiger partial charge on any atom is -0.481 e. The molecule has 0 aliphatic heterocycles. The lowest BCUT2D eigenvalue weighted by molar-refractivity contribution is -0.146. The second-order valence-corrected chi connectivity index (χ2v) is 13.4. The summed E-state index contributed by atoms with van der Waals surface area (Å²) in [5, 5.41) is 31.3. The van der Waals surface area contributed by atoms with Gasteiger partial charge in [-0.25, -0.2) is 0 Å². The first-order valence-corrected chi connectivity index (χ1v) is 13.5. The summed E-state index contributed by atoms with van der Waals surface area (Å²) in [6.07, 6.45) is 1.31. The van der Waals surface area contributed by atoms with Crippen molar-refractivity contribution in [3.63, 3.8) is 0 Å². The van der Waals surface area contributed by atoms with Gasteiger partial charge in [-0.3, -0.25) is 19.2 Å². The lowest BCUT2D eigenvalue weighted by Crippen LogP contribution is -2.59. The number of allylic oxidation sites excluding steroid dienone is 2. The van der Waals surface area contributed by atoms with E-state index < -0.39 is 45.8 Å². The summed E-state index contributed by atoms with van der Waals surface area (Å²) in [4.78, 5) is 52.0. The number of carbonyl (C=O) groups is 4. The lowest BCUT2D eigenvalue weighted by atomic mass is 9.42. The van der Waals surface area contributed by atoms with Crippen molar-refractivity contribution >= 4 is 23.3 Å². The standard InChI is InChI=1S/C30H42O7/c1-15(10-17(31)11-16(2)26(36)37)18-12-23(35)30(7)25-19(32)13-21-27(3,4)22(34)8-9-28(21,5)24(25)20(33)14-29(18,30)6/h10,16-19,21,31-32H,8-9,11-14H2,1-7H3,(H,36,37)/b15-10+/t16?,17?,18-,19+,21+,28+,29-,30+/m1/s1. The number of rotatable bonds is 5. The molecule has 0 amide bonds. The van der Waals surface area contributed by atoms with Gasteiger partial charge in [-0.1, -0.05) is 46.3 Å². The van der Waals surface area contributed by atoms with Gasteiger partial charge in [0, 0.05) is 35.7 Å². The van der Waals surface area contributed by atoms with Gasteiger partial charge in [-0.05, 0) is 55.9 Å². The van der Waals surface area contributed by atoms with Crippen molar-refractivity contribution in [3.05, 3.63) is 22.8 Å². The average Bonchev–Trinajstić information content (AvgIpc) is 2.99. The molecule has 2 saturated carbocycles. The normalized spacial score (nSPS) is 41.2. The van der Waals surface area contributed by atoms with E-state index in [4.69, 9.17) is 0 Å². The minimum absolute atomic E-state index is 0.0200. The Balaban J connectivity index is 1.80. The molecule has 3 N–H and O–H groups in total. The first-order valence-electron chi connectivity index (χ1n) is 13.5. The molecule has 8 atom stereocenters. The van der Waals surface area contributed by atoms with Gasteiger partial charge in [-0.2, -0.15) is 0 Å². The molecule has 0 aromatic carbocycles. The highest BCUT2D eigenvalue weighted by molar-refractivity contribution is 6.05. The summed E-state index contributed by atoms with van der Waals surface area (Å²) in [5.74, 6) is -2.13. The summed E-state index contributed by atoms with van der Waals surface area (Å²) in [7, 11) is 0. The van der Waals surface area contributed by atoms with E-state index in [1.54, 1.807) is 13.0 Å². The number of hydrogen-bond acceptors (Lipinski definition) is 6. The van der Waals surface area contributed by atoms with E-state index in [2.05, 4.69) is 0 Å². The molecule has 4 aliphatic carbocycles. The molecule has 4 aliphatic rings. The highest BCUT2D eigenvalue weighted by Crippen LogP contribution is 2.70. The lowest BCUT2D eigenvalue weighted by Gasteiger charge is -2.60. The summed E-state index contributed by atoms with van der Waals surface area (Å²) in [5.41, 5.74) is -1.20. The van der Waals surface area contributed by atoms with Crippen molar-refractivity contribution in [2.24, 2.45) is 39.4 Å². The molecule has 0 aromatic heterocycles. The minimum atomic E-state index is -1.05. The van der Waals surface area contributed by atoms with E-state index in [9.17, 15) is 34.5 Å². The van der Waals surface area contributed by atoms with E-state index in [-0.39, 0.29) is 48.4 Å². The van der Waals surface area contributed by atoms with Crippen LogP contribution in [0.25, 0.3) is 0 Å². The predicted molar refractivity (Wildman–Crippen MR) is 137 cm³/mol. The highest BCUT2D eigenvalue weighted by atomic mass is 16.4. The van der Waals surface area contributed by atoms with Crippen LogP contribution in [0.3, 0.4) is 0 Å². The van der Waals surface area contributed by atoms with Crippen molar-refractivity contribution in [1.82, 2.24) is 0 Å². The van der Waals surface area contributed by atoms with Gasteiger partial charge >= 0.3 is 5.97 Å². The number of carbonyl (C=O) groups excluding carboxylic acids is 3. The molecular weight excluding hydrogens is 472 g/mol. The predicted octanol–water partition coefficient (Wildman–Crippen LogP) is 4.05. The van der Waals surface area contributed by atoms with E-state index in [1.807, 2.05) is 41.5 Å². The fourth-order valence-corrected chi connectivity index (χ4v) is 8.66. The van der Waals surface area contributed by atoms with Gasteiger partial charge in [0.1, 0.15) is 11.6 Å². The van der Waals surface area contributed by atoms with Gasteiger partial charge in [0.05, 0.1) is 23.5 Å². The van der Waals surface area contributed by atoms with E-state index in [1.165, 1.54) is 0 Å². The maximum atomic E-state index is 14.0. The molecule has 37 heavy (non-hydrogen) atoms. The number of aliphatic hydroxyl groups is 2. The molecule has 7 nitrogen and oxygen atoms in total. The highest BCUT2D eigenvalue weighted by Gasteiger charge is 2.70. The average molecular weight is 515 g/mol. The smallest absolute Gasteiger partial charge is 0.306 e. The van der Waals surface area contributed by atoms with Crippen LogP contribution in [0.1, 0.15) is 87.0 Å². The Morgan fingerprint density at radius 1 is 1.11 bits per heavy atom. The number of fused-ring (bicyclic) bond motifs is 4. The van der Waals surface area contributed by atoms with E-state index in [0.717, 1.165) is 5.57 Å². The number of Topliss-reactive ketones (excluding diaryl/α,β-unsaturated/α-hetero) is 3. The molecule has 0 radical (unpaired) electrons. The van der Waals surface area contributed by atoms with Crippen LogP contribution >= 0.6 is 0 Å². The molecule has 4 rings (SSSR count). The van der Waals surface area contributed by atoms with Gasteiger partial charge in [0.15, 0.2) is 5.78 Å². The molecule has 0 bridgehead atoms. The number of hydrogen-bond donors (Lipinski definition) is 3. The molecule has 2 unspecified atom stereocenters. The third-order valence-electron chi connectivity index (χ3n) is 11.1. The van der Waals surface area contributed by atoms with Crippen molar-refractivity contribution in [2.75, 3.05) is 0 Å². The fourth-order valence-electron chi connectivity index (χ4n) is 8.66. The second-order valence-electron chi connectivity index (χ2n) is 13.4. The maximum absolute atomic E-state index is 14.0. The molecule has 0 saturated heterocycles. The van der Waals surface area contributed by atoms with Gasteiger partial charge in [0.2, 0.25) is 0 Å². The second kappa shape index (κ2) is 8.70. The Kier molecular flexibility index (Phi) is 6.56. The van der Waals surface area contributed by atoms with Crippen molar-refractivity contribution in [1.29, 1.82) is 0 Å². The Hall–Kier alpha value is -2.12. The monoisotopic (exact) mass is 514 g/mol.